The number of hydrogen-bond acceptors (Lipinski definition) is 7. The minimum absolute atomic E-state index is 0.00475. The summed E-state index contributed by atoms with van der Waals surface area (Å²) in [5.41, 5.74) is 2.20. The molecule has 46 heavy (non-hydrogen) atoms. The third kappa shape index (κ3) is 7.88. The molecule has 0 aromatic heterocycles. The maximum absolute atomic E-state index is 14.1. The summed E-state index contributed by atoms with van der Waals surface area (Å²) < 4.78 is 0. The number of hydrogen-bond donors (Lipinski definition) is 4. The number of carbonyl (C=O) groups excluding carboxylic acids is 7. The van der Waals surface area contributed by atoms with Crippen molar-refractivity contribution in [3.05, 3.63) is 0 Å². The Morgan fingerprint density at radius 2 is 1.52 bits per heavy atom. The van der Waals surface area contributed by atoms with E-state index in [0.29, 0.717) is 19.3 Å². The average Bonchev–Trinajstić information content (AvgIpc) is 3.47. The molecule has 2 aliphatic heterocycles. The number of imide groups is 1. The highest BCUT2D eigenvalue weighted by Crippen LogP contribution is 2.47. The molecule has 0 aromatic carbocycles. The van der Waals surface area contributed by atoms with Gasteiger partial charge in [-0.15, -0.1) is 0 Å². The summed E-state index contributed by atoms with van der Waals surface area (Å²) in [6.07, 6.45) is 1.85. The molecule has 1 aliphatic carbocycles. The number of nitrogens with zero attached hydrogens (tertiary/aromatic N) is 2. The summed E-state index contributed by atoms with van der Waals surface area (Å²) in [6, 6.07) is -3.22. The molecule has 2 heterocycles. The van der Waals surface area contributed by atoms with Gasteiger partial charge in [-0.1, -0.05) is 75.7 Å². The van der Waals surface area contributed by atoms with Crippen LogP contribution in [0.2, 0.25) is 0 Å². The maximum Gasteiger partial charge on any atom is 0.315 e. The first kappa shape index (κ1) is 37.0. The highest BCUT2D eigenvalue weighted by Gasteiger charge is 2.62. The molecule has 3 fully saturated rings. The second-order valence-corrected chi connectivity index (χ2v) is 16.5. The lowest BCUT2D eigenvalue weighted by molar-refractivity contribution is -0.153. The van der Waals surface area contributed by atoms with Crippen molar-refractivity contribution in [3.8, 4) is 0 Å². The lowest BCUT2D eigenvalue weighted by atomic mass is 9.80. The molecule has 258 valence electrons. The molecule has 2 saturated heterocycles. The summed E-state index contributed by atoms with van der Waals surface area (Å²) in [5, 5.41) is 8.50. The second kappa shape index (κ2) is 12.9. The molecular weight excluding hydrogens is 592 g/mol. The van der Waals surface area contributed by atoms with Crippen molar-refractivity contribution >= 4 is 41.4 Å². The molecule has 13 nitrogen and oxygen atoms in total. The summed E-state index contributed by atoms with van der Waals surface area (Å²) in [6.45, 7) is 18.8. The number of piperidine rings is 1. The third-order valence-electron chi connectivity index (χ3n) is 9.79. The van der Waals surface area contributed by atoms with E-state index in [9.17, 15) is 33.6 Å². The Hall–Kier alpha value is -3.51. The van der Waals surface area contributed by atoms with E-state index in [1.807, 2.05) is 48.5 Å². The number of carbonyl (C=O) groups is 7. The number of nitrogens with two attached hydrogens (primary N) is 1. The maximum atomic E-state index is 14.1. The number of ketones is 1. The summed E-state index contributed by atoms with van der Waals surface area (Å²) in [5.74, 6) is -3.98. The van der Waals surface area contributed by atoms with Crippen LogP contribution < -0.4 is 21.7 Å². The van der Waals surface area contributed by atoms with Gasteiger partial charge in [0, 0.05) is 25.9 Å². The SMILES string of the molecule is CC[C@H]1C[C@]1(NC(=O)[C@@H]1[C@@H](C)CCN1C(=O)[C@@H](NC(=O)N[C@H](CN1C(=O)CC(C)(C)CC1=O)C(C)(C)C)C(C)(C)C)C(=O)C(N)=O. The van der Waals surface area contributed by atoms with E-state index in [2.05, 4.69) is 16.0 Å². The zero-order valence-corrected chi connectivity index (χ0v) is 29.2. The second-order valence-electron chi connectivity index (χ2n) is 16.5. The van der Waals surface area contributed by atoms with E-state index >= 15 is 0 Å². The summed E-state index contributed by atoms with van der Waals surface area (Å²) >= 11 is 0. The number of amides is 7. The molecular formula is C33H54N6O7. The van der Waals surface area contributed by atoms with Gasteiger partial charge in [-0.2, -0.15) is 0 Å². The van der Waals surface area contributed by atoms with Crippen LogP contribution in [0.25, 0.3) is 0 Å². The monoisotopic (exact) mass is 646 g/mol. The fourth-order valence-electron chi connectivity index (χ4n) is 6.70. The lowest BCUT2D eigenvalue weighted by Gasteiger charge is -2.40. The predicted molar refractivity (Wildman–Crippen MR) is 171 cm³/mol. The Morgan fingerprint density at radius 1 is 0.957 bits per heavy atom. The van der Waals surface area contributed by atoms with Crippen molar-refractivity contribution in [2.45, 2.75) is 125 Å². The van der Waals surface area contributed by atoms with Gasteiger partial charge in [0.05, 0.1) is 6.04 Å². The summed E-state index contributed by atoms with van der Waals surface area (Å²) in [4.78, 5) is 94.2. The first-order valence-corrected chi connectivity index (χ1v) is 16.3. The molecule has 0 aromatic rings. The molecule has 0 bridgehead atoms. The van der Waals surface area contributed by atoms with E-state index in [1.54, 1.807) is 20.8 Å². The van der Waals surface area contributed by atoms with Gasteiger partial charge in [0.15, 0.2) is 0 Å². The molecule has 6 atom stereocenters. The fraction of sp³-hybridized carbons (Fsp3) is 0.788. The third-order valence-corrected chi connectivity index (χ3v) is 9.79. The van der Waals surface area contributed by atoms with Crippen LogP contribution in [0.15, 0.2) is 0 Å². The lowest BCUT2D eigenvalue weighted by Crippen LogP contribution is -2.63. The van der Waals surface area contributed by atoms with Crippen LogP contribution in [-0.2, 0) is 28.8 Å². The van der Waals surface area contributed by atoms with Crippen LogP contribution in [0.3, 0.4) is 0 Å². The van der Waals surface area contributed by atoms with Crippen LogP contribution in [-0.4, -0.2) is 87.9 Å². The molecule has 5 N–H and O–H groups in total. The number of likely N-dealkylation sites (tertiary alicyclic amines) is 2. The largest absolute Gasteiger partial charge is 0.363 e. The molecule has 13 heteroatoms. The molecule has 0 radical (unpaired) electrons. The van der Waals surface area contributed by atoms with E-state index in [-0.39, 0.29) is 49.6 Å². The summed E-state index contributed by atoms with van der Waals surface area (Å²) in [7, 11) is 0. The van der Waals surface area contributed by atoms with Gasteiger partial charge in [0.25, 0.3) is 5.91 Å². The Labute approximate surface area is 272 Å². The van der Waals surface area contributed by atoms with E-state index in [0.717, 1.165) is 0 Å². The van der Waals surface area contributed by atoms with Crippen LogP contribution in [0.4, 0.5) is 4.79 Å². The first-order chi connectivity index (χ1) is 20.9. The number of rotatable bonds is 10. The van der Waals surface area contributed by atoms with Gasteiger partial charge < -0.3 is 26.6 Å². The van der Waals surface area contributed by atoms with E-state index < -0.39 is 69.4 Å². The van der Waals surface area contributed by atoms with E-state index in [1.165, 1.54) is 9.80 Å². The first-order valence-electron chi connectivity index (χ1n) is 16.3. The average molecular weight is 647 g/mol. The van der Waals surface area contributed by atoms with Gasteiger partial charge in [0.1, 0.15) is 17.6 Å². The van der Waals surface area contributed by atoms with Crippen molar-refractivity contribution in [2.24, 2.45) is 33.8 Å². The quantitative estimate of drug-likeness (QED) is 0.206. The predicted octanol–water partition coefficient (Wildman–Crippen LogP) is 1.87. The molecule has 0 spiro atoms. The molecule has 7 amide bonds. The van der Waals surface area contributed by atoms with Crippen molar-refractivity contribution < 1.29 is 33.6 Å². The van der Waals surface area contributed by atoms with Crippen LogP contribution in [0.5, 0.6) is 0 Å². The zero-order chi connectivity index (χ0) is 35.2. The Balaban J connectivity index is 1.79. The number of nitrogens with one attached hydrogen (secondary N) is 3. The minimum Gasteiger partial charge on any atom is -0.363 e. The van der Waals surface area contributed by atoms with Crippen molar-refractivity contribution in [1.82, 2.24) is 25.8 Å². The highest BCUT2D eigenvalue weighted by molar-refractivity contribution is 6.40. The van der Waals surface area contributed by atoms with Gasteiger partial charge in [-0.05, 0) is 40.9 Å². The van der Waals surface area contributed by atoms with Crippen molar-refractivity contribution in [2.75, 3.05) is 13.1 Å². The zero-order valence-electron chi connectivity index (χ0n) is 29.2. The van der Waals surface area contributed by atoms with Gasteiger partial charge >= 0.3 is 6.03 Å². The molecule has 3 rings (SSSR count). The molecule has 1 saturated carbocycles. The Kier molecular flexibility index (Phi) is 10.4. The van der Waals surface area contributed by atoms with Crippen LogP contribution in [0.1, 0.15) is 101 Å². The number of urea groups is 1. The van der Waals surface area contributed by atoms with Gasteiger partial charge in [0.2, 0.25) is 29.4 Å². The number of Topliss-reactive ketones (excluding diaryl/α,β-unsaturated/α-hetero) is 1. The molecule has 0 unspecified atom stereocenters. The standard InChI is InChI=1S/C33H54N6O7/c1-11-19-14-33(19,25(42)26(34)43)37-27(44)23-18(2)12-13-38(23)28(45)24(31(6,7)8)36-29(46)35-20(30(3,4)5)17-39-21(40)15-32(9,10)16-22(39)41/h18-20,23-24H,11-17H2,1-10H3,(H2,34,43)(H,37,44)(H2,35,36,46)/t18-,19-,20+,23-,24+,33+/m0/s1. The molecule has 3 aliphatic rings. The normalized spacial score (nSPS) is 27.5. The fourth-order valence-corrected chi connectivity index (χ4v) is 6.70. The van der Waals surface area contributed by atoms with Crippen LogP contribution >= 0.6 is 0 Å². The van der Waals surface area contributed by atoms with Crippen molar-refractivity contribution in [3.63, 3.8) is 0 Å². The topological polar surface area (TPSA) is 188 Å². The minimum atomic E-state index is -1.36. The Bertz CT molecular complexity index is 1260. The van der Waals surface area contributed by atoms with Gasteiger partial charge in [-0.3, -0.25) is 33.7 Å². The Morgan fingerprint density at radius 3 is 1.98 bits per heavy atom. The highest BCUT2D eigenvalue weighted by atomic mass is 16.2. The smallest absolute Gasteiger partial charge is 0.315 e. The van der Waals surface area contributed by atoms with Crippen molar-refractivity contribution in [1.29, 1.82) is 0 Å². The number of primary amides is 1. The van der Waals surface area contributed by atoms with Gasteiger partial charge in [-0.25, -0.2) is 4.79 Å². The van der Waals surface area contributed by atoms with Crippen LogP contribution in [0, 0.1) is 28.1 Å². The van der Waals surface area contributed by atoms with E-state index in [4.69, 9.17) is 5.73 Å².